The molecule has 1 aromatic carbocycles. The highest BCUT2D eigenvalue weighted by Crippen LogP contribution is 2.37. The van der Waals surface area contributed by atoms with Crippen molar-refractivity contribution in [2.45, 2.75) is 64.3 Å². The maximum absolute atomic E-state index is 12.7. The third-order valence-electron chi connectivity index (χ3n) is 6.25. The summed E-state index contributed by atoms with van der Waals surface area (Å²) in [6.07, 6.45) is 6.47. The fourth-order valence-corrected chi connectivity index (χ4v) is 4.39. The summed E-state index contributed by atoms with van der Waals surface area (Å²) in [5.41, 5.74) is 7.70. The smallest absolute Gasteiger partial charge is 0.222 e. The molecule has 1 heterocycles. The van der Waals surface area contributed by atoms with Crippen molar-refractivity contribution in [1.29, 1.82) is 0 Å². The van der Waals surface area contributed by atoms with Crippen molar-refractivity contribution >= 4 is 5.91 Å². The summed E-state index contributed by atoms with van der Waals surface area (Å²) in [5.74, 6) is 1.60. The highest BCUT2D eigenvalue weighted by molar-refractivity contribution is 5.76. The lowest BCUT2D eigenvalue weighted by Crippen LogP contribution is -2.54. The van der Waals surface area contributed by atoms with E-state index in [4.69, 9.17) is 5.73 Å². The first kappa shape index (κ1) is 17.5. The molecule has 1 saturated carbocycles. The van der Waals surface area contributed by atoms with Crippen LogP contribution in [0.15, 0.2) is 30.3 Å². The van der Waals surface area contributed by atoms with Crippen LogP contribution in [0.1, 0.15) is 63.9 Å². The molecular formula is C21H32N2O. The van der Waals surface area contributed by atoms with E-state index in [1.165, 1.54) is 31.2 Å². The molecule has 1 aliphatic heterocycles. The van der Waals surface area contributed by atoms with E-state index in [0.717, 1.165) is 25.9 Å². The molecule has 1 unspecified atom stereocenters. The van der Waals surface area contributed by atoms with Crippen LogP contribution >= 0.6 is 0 Å². The Balaban J connectivity index is 1.48. The fourth-order valence-electron chi connectivity index (χ4n) is 4.39. The fraction of sp³-hybridized carbons (Fsp3) is 0.667. The second-order valence-electron chi connectivity index (χ2n) is 8.53. The van der Waals surface area contributed by atoms with Crippen LogP contribution in [-0.2, 0) is 4.79 Å². The van der Waals surface area contributed by atoms with Crippen LogP contribution in [0.25, 0.3) is 0 Å². The van der Waals surface area contributed by atoms with Gasteiger partial charge in [0.1, 0.15) is 0 Å². The summed E-state index contributed by atoms with van der Waals surface area (Å²) in [7, 11) is 0. The van der Waals surface area contributed by atoms with Crippen molar-refractivity contribution in [2.24, 2.45) is 17.1 Å². The third kappa shape index (κ3) is 4.00. The van der Waals surface area contributed by atoms with Gasteiger partial charge in [0.2, 0.25) is 5.91 Å². The van der Waals surface area contributed by atoms with Gasteiger partial charge < -0.3 is 10.6 Å². The Morgan fingerprint density at radius 2 is 1.79 bits per heavy atom. The van der Waals surface area contributed by atoms with Gasteiger partial charge in [0.05, 0.1) is 0 Å². The van der Waals surface area contributed by atoms with Crippen molar-refractivity contribution in [3.63, 3.8) is 0 Å². The monoisotopic (exact) mass is 328 g/mol. The second kappa shape index (κ2) is 7.26. The van der Waals surface area contributed by atoms with Crippen LogP contribution in [0, 0.1) is 11.3 Å². The Hall–Kier alpha value is -1.35. The van der Waals surface area contributed by atoms with E-state index in [-0.39, 0.29) is 11.5 Å². The molecule has 2 N–H and O–H groups in total. The molecule has 0 radical (unpaired) electrons. The van der Waals surface area contributed by atoms with E-state index in [1.807, 2.05) is 0 Å². The first-order valence-corrected chi connectivity index (χ1v) is 9.54. The molecule has 1 aromatic rings. The number of carbonyl (C=O) groups is 1. The maximum atomic E-state index is 12.7. The zero-order chi connectivity index (χ0) is 17.2. The van der Waals surface area contributed by atoms with Gasteiger partial charge in [-0.05, 0) is 54.9 Å². The average Bonchev–Trinajstić information content (AvgIpc) is 2.58. The molecule has 0 spiro atoms. The molecular weight excluding hydrogens is 296 g/mol. The van der Waals surface area contributed by atoms with E-state index < -0.39 is 0 Å². The Morgan fingerprint density at radius 1 is 1.12 bits per heavy atom. The van der Waals surface area contributed by atoms with E-state index >= 15 is 0 Å². The van der Waals surface area contributed by atoms with E-state index in [9.17, 15) is 4.79 Å². The predicted octanol–water partition coefficient (Wildman–Crippen LogP) is 3.94. The Labute approximate surface area is 146 Å². The lowest BCUT2D eigenvalue weighted by Gasteiger charge is -2.43. The van der Waals surface area contributed by atoms with Gasteiger partial charge >= 0.3 is 0 Å². The van der Waals surface area contributed by atoms with Gasteiger partial charge in [0.25, 0.3) is 0 Å². The van der Waals surface area contributed by atoms with E-state index in [1.54, 1.807) is 0 Å². The number of hydrogen-bond acceptors (Lipinski definition) is 2. The van der Waals surface area contributed by atoms with Crippen molar-refractivity contribution in [3.8, 4) is 0 Å². The number of nitrogens with zero attached hydrogens (tertiary/aromatic N) is 1. The maximum Gasteiger partial charge on any atom is 0.222 e. The highest BCUT2D eigenvalue weighted by atomic mass is 16.2. The topological polar surface area (TPSA) is 46.3 Å². The summed E-state index contributed by atoms with van der Waals surface area (Å²) in [6, 6.07) is 11.0. The van der Waals surface area contributed by atoms with Crippen LogP contribution in [0.3, 0.4) is 0 Å². The molecule has 2 fully saturated rings. The van der Waals surface area contributed by atoms with Gasteiger partial charge in [-0.3, -0.25) is 4.79 Å². The molecule has 132 valence electrons. The minimum atomic E-state index is 0.0406. The SMILES string of the molecule is CC1(C)CN(C(=O)CC2CCC(c3ccccc3)CC2)CCC1N. The number of amides is 1. The largest absolute Gasteiger partial charge is 0.342 e. The van der Waals surface area contributed by atoms with Gasteiger partial charge in [-0.25, -0.2) is 0 Å². The van der Waals surface area contributed by atoms with Crippen molar-refractivity contribution in [1.82, 2.24) is 4.90 Å². The number of benzene rings is 1. The summed E-state index contributed by atoms with van der Waals surface area (Å²) in [4.78, 5) is 14.8. The number of hydrogen-bond donors (Lipinski definition) is 1. The van der Waals surface area contributed by atoms with Gasteiger partial charge in [0, 0.05) is 25.6 Å². The highest BCUT2D eigenvalue weighted by Gasteiger charge is 2.36. The van der Waals surface area contributed by atoms with Gasteiger partial charge in [-0.1, -0.05) is 44.2 Å². The van der Waals surface area contributed by atoms with E-state index in [0.29, 0.717) is 17.7 Å². The first-order valence-electron chi connectivity index (χ1n) is 9.54. The van der Waals surface area contributed by atoms with Gasteiger partial charge in [0.15, 0.2) is 0 Å². The van der Waals surface area contributed by atoms with Gasteiger partial charge in [-0.15, -0.1) is 0 Å². The minimum Gasteiger partial charge on any atom is -0.342 e. The molecule has 3 heteroatoms. The van der Waals surface area contributed by atoms with Crippen LogP contribution in [0.2, 0.25) is 0 Å². The minimum absolute atomic E-state index is 0.0406. The standard InChI is InChI=1S/C21H32N2O/c1-21(2)15-23(13-12-19(21)22)20(24)14-16-8-10-18(11-9-16)17-6-4-3-5-7-17/h3-7,16,18-19H,8-15,22H2,1-2H3. The van der Waals surface area contributed by atoms with Crippen LogP contribution in [0.5, 0.6) is 0 Å². The summed E-state index contributed by atoms with van der Waals surface area (Å²) in [5, 5.41) is 0. The molecule has 1 aliphatic carbocycles. The zero-order valence-electron chi connectivity index (χ0n) is 15.2. The lowest BCUT2D eigenvalue weighted by molar-refractivity contribution is -0.135. The molecule has 0 aromatic heterocycles. The molecule has 24 heavy (non-hydrogen) atoms. The van der Waals surface area contributed by atoms with Crippen LogP contribution in [0.4, 0.5) is 0 Å². The number of nitrogens with two attached hydrogens (primary N) is 1. The summed E-state index contributed by atoms with van der Waals surface area (Å²) < 4.78 is 0. The number of carbonyl (C=O) groups excluding carboxylic acids is 1. The quantitative estimate of drug-likeness (QED) is 0.913. The predicted molar refractivity (Wildman–Crippen MR) is 98.7 cm³/mol. The van der Waals surface area contributed by atoms with Crippen molar-refractivity contribution in [3.05, 3.63) is 35.9 Å². The Kier molecular flexibility index (Phi) is 5.29. The Bertz CT molecular complexity index is 546. The van der Waals surface area contributed by atoms with Gasteiger partial charge in [-0.2, -0.15) is 0 Å². The molecule has 1 amide bonds. The van der Waals surface area contributed by atoms with Crippen molar-refractivity contribution in [2.75, 3.05) is 13.1 Å². The number of rotatable bonds is 3. The third-order valence-corrected chi connectivity index (χ3v) is 6.25. The number of likely N-dealkylation sites (tertiary alicyclic amines) is 1. The average molecular weight is 329 g/mol. The normalized spacial score (nSPS) is 30.1. The van der Waals surface area contributed by atoms with Crippen molar-refractivity contribution < 1.29 is 4.79 Å². The first-order chi connectivity index (χ1) is 11.5. The van der Waals surface area contributed by atoms with Crippen LogP contribution in [-0.4, -0.2) is 29.9 Å². The molecule has 3 rings (SSSR count). The molecule has 1 atom stereocenters. The molecule has 1 saturated heterocycles. The summed E-state index contributed by atoms with van der Waals surface area (Å²) >= 11 is 0. The second-order valence-corrected chi connectivity index (χ2v) is 8.53. The molecule has 0 bridgehead atoms. The molecule has 2 aliphatic rings. The Morgan fingerprint density at radius 3 is 2.42 bits per heavy atom. The molecule has 3 nitrogen and oxygen atoms in total. The lowest BCUT2D eigenvalue weighted by atomic mass is 9.77. The number of piperidine rings is 1. The van der Waals surface area contributed by atoms with E-state index in [2.05, 4.69) is 49.1 Å². The zero-order valence-corrected chi connectivity index (χ0v) is 15.2. The van der Waals surface area contributed by atoms with Crippen LogP contribution < -0.4 is 5.73 Å². The summed E-state index contributed by atoms with van der Waals surface area (Å²) in [6.45, 7) is 6.01.